The van der Waals surface area contributed by atoms with Crippen molar-refractivity contribution in [1.29, 1.82) is 0 Å². The molecule has 0 aliphatic carbocycles. The molecule has 1 fully saturated rings. The van der Waals surface area contributed by atoms with E-state index in [-0.39, 0.29) is 0 Å². The molecule has 0 amide bonds. The minimum atomic E-state index is 0.341. The van der Waals surface area contributed by atoms with Gasteiger partial charge in [0.15, 0.2) is 0 Å². The van der Waals surface area contributed by atoms with Gasteiger partial charge in [0, 0.05) is 10.3 Å². The van der Waals surface area contributed by atoms with Crippen LogP contribution in [0.5, 0.6) is 0 Å². The maximum Gasteiger partial charge on any atom is 0.0433 e. The zero-order valence-electron chi connectivity index (χ0n) is 5.26. The lowest BCUT2D eigenvalue weighted by atomic mass is 10.6. The summed E-state index contributed by atoms with van der Waals surface area (Å²) in [6, 6.07) is 0. The van der Waals surface area contributed by atoms with Gasteiger partial charge in [0.05, 0.1) is 0 Å². The quantitative estimate of drug-likeness (QED) is 0.471. The van der Waals surface area contributed by atoms with Crippen molar-refractivity contribution < 1.29 is 0 Å². The lowest BCUT2D eigenvalue weighted by Gasteiger charge is -2.14. The van der Waals surface area contributed by atoms with Crippen LogP contribution >= 0.6 is 32.5 Å². The lowest BCUT2D eigenvalue weighted by molar-refractivity contribution is 1.09. The highest BCUT2D eigenvalue weighted by Crippen LogP contribution is 2.47. The lowest BCUT2D eigenvalue weighted by Crippen LogP contribution is -1.94. The zero-order valence-corrected chi connectivity index (χ0v) is 7.78. The highest BCUT2D eigenvalue weighted by molar-refractivity contribution is 8.79. The summed E-state index contributed by atoms with van der Waals surface area (Å²) in [6.45, 7) is 0. The van der Waals surface area contributed by atoms with E-state index in [2.05, 4.69) is 23.3 Å². The Morgan fingerprint density at radius 3 is 2.50 bits per heavy atom. The molecule has 8 heavy (non-hydrogen) atoms. The summed E-state index contributed by atoms with van der Waals surface area (Å²) in [5, 5.41) is 0. The van der Waals surface area contributed by atoms with Crippen molar-refractivity contribution in [3.63, 3.8) is 0 Å². The van der Waals surface area contributed by atoms with Crippen LogP contribution in [0.3, 0.4) is 0 Å². The molecule has 1 heterocycles. The largest absolute Gasteiger partial charge is 0.247 e. The Hall–Kier alpha value is 1.05. The molecule has 0 saturated carbocycles. The number of thiol groups is 1. The Labute approximate surface area is 61.9 Å². The normalized spacial score (nSPS) is 30.8. The van der Waals surface area contributed by atoms with Gasteiger partial charge in [-0.25, -0.2) is 10.9 Å². The predicted octanol–water partition coefficient (Wildman–Crippen LogP) is 2.36. The van der Waals surface area contributed by atoms with Gasteiger partial charge in [-0.05, 0) is 18.9 Å². The first kappa shape index (κ1) is 7.16. The minimum absolute atomic E-state index is 0.341. The third-order valence-electron chi connectivity index (χ3n) is 1.20. The summed E-state index contributed by atoms with van der Waals surface area (Å²) in [5.41, 5.74) is 0. The zero-order chi connectivity index (χ0) is 5.98. The van der Waals surface area contributed by atoms with Gasteiger partial charge in [-0.1, -0.05) is 21.6 Å². The molecule has 0 aromatic carbocycles. The highest BCUT2D eigenvalue weighted by atomic mass is 33.1. The molecule has 1 saturated heterocycles. The third-order valence-corrected chi connectivity index (χ3v) is 7.22. The summed E-state index contributed by atoms with van der Waals surface area (Å²) in [7, 11) is 4.48. The molecule has 50 valence electrons. The number of hydrogen-bond acceptors (Lipinski definition) is 2. The Kier molecular flexibility index (Phi) is 2.93. The van der Waals surface area contributed by atoms with E-state index in [1.54, 1.807) is 0 Å². The number of rotatable bonds is 1. The summed E-state index contributed by atoms with van der Waals surface area (Å²) >= 11 is 0. The Morgan fingerprint density at radius 1 is 1.50 bits per heavy atom. The van der Waals surface area contributed by atoms with E-state index in [0.717, 1.165) is 4.58 Å². The van der Waals surface area contributed by atoms with Crippen LogP contribution in [0.15, 0.2) is 0 Å². The average molecular weight is 168 g/mol. The van der Waals surface area contributed by atoms with E-state index in [1.165, 1.54) is 12.2 Å². The molecule has 1 aliphatic heterocycles. The molecule has 1 aliphatic rings. The van der Waals surface area contributed by atoms with Crippen molar-refractivity contribution in [2.75, 3.05) is 18.3 Å². The second kappa shape index (κ2) is 3.28. The van der Waals surface area contributed by atoms with E-state index in [9.17, 15) is 0 Å². The van der Waals surface area contributed by atoms with Crippen molar-refractivity contribution in [3.05, 3.63) is 0 Å². The predicted molar refractivity (Wildman–Crippen MR) is 49.3 cm³/mol. The van der Waals surface area contributed by atoms with Gasteiger partial charge >= 0.3 is 0 Å². The van der Waals surface area contributed by atoms with Crippen LogP contribution in [0.4, 0.5) is 0 Å². The van der Waals surface area contributed by atoms with Crippen molar-refractivity contribution in [2.45, 2.75) is 11.0 Å². The molecule has 0 aromatic rings. The van der Waals surface area contributed by atoms with Gasteiger partial charge in [-0.2, -0.15) is 0 Å². The van der Waals surface area contributed by atoms with Gasteiger partial charge in [0.1, 0.15) is 0 Å². The van der Waals surface area contributed by atoms with Crippen molar-refractivity contribution in [2.24, 2.45) is 0 Å². The molecule has 3 heteroatoms. The van der Waals surface area contributed by atoms with Crippen LogP contribution in [0.1, 0.15) is 6.42 Å². The molecule has 0 N–H and O–H groups in total. The summed E-state index contributed by atoms with van der Waals surface area (Å²) < 4.78 is 1.01. The van der Waals surface area contributed by atoms with Crippen molar-refractivity contribution in [1.82, 2.24) is 0 Å². The second-order valence-electron chi connectivity index (χ2n) is 2.13. The smallest absolute Gasteiger partial charge is 0.0433 e. The van der Waals surface area contributed by atoms with Crippen LogP contribution in [-0.4, -0.2) is 22.8 Å². The van der Waals surface area contributed by atoms with Crippen LogP contribution in [-0.2, 0) is 0 Å². The third kappa shape index (κ3) is 1.78. The van der Waals surface area contributed by atoms with Gasteiger partial charge in [0.2, 0.25) is 0 Å². The maximum atomic E-state index is 2.37. The van der Waals surface area contributed by atoms with Crippen LogP contribution in [0.2, 0.25) is 0 Å². The summed E-state index contributed by atoms with van der Waals surface area (Å²) in [4.78, 5) is 0. The number of hydrogen-bond donors (Lipinski definition) is 1. The van der Waals surface area contributed by atoms with E-state index < -0.39 is 0 Å². The fourth-order valence-electron chi connectivity index (χ4n) is 0.668. The van der Waals surface area contributed by atoms with Crippen LogP contribution < -0.4 is 0 Å². The summed E-state index contributed by atoms with van der Waals surface area (Å²) in [6.07, 6.45) is 6.20. The molecule has 0 spiro atoms. The molecular weight excluding hydrogens is 156 g/mol. The van der Waals surface area contributed by atoms with Gasteiger partial charge in [-0.15, -0.1) is 0 Å². The van der Waals surface area contributed by atoms with E-state index >= 15 is 0 Å². The van der Waals surface area contributed by atoms with Gasteiger partial charge in [0.25, 0.3) is 0 Å². The minimum Gasteiger partial charge on any atom is -0.247 e. The van der Waals surface area contributed by atoms with E-state index in [0.29, 0.717) is 10.9 Å². The van der Waals surface area contributed by atoms with Gasteiger partial charge in [-0.3, -0.25) is 0 Å². The molecule has 1 atom stereocenters. The highest BCUT2D eigenvalue weighted by Gasteiger charge is 2.16. The Balaban J connectivity index is 2.24. The maximum absolute atomic E-state index is 2.37. The van der Waals surface area contributed by atoms with Crippen molar-refractivity contribution in [3.8, 4) is 0 Å². The first-order valence-corrected chi connectivity index (χ1v) is 7.44. The monoisotopic (exact) mass is 168 g/mol. The SMILES string of the molecule is C[SH](C)C1CCSS1. The van der Waals surface area contributed by atoms with Crippen molar-refractivity contribution >= 4 is 32.5 Å². The first-order chi connectivity index (χ1) is 3.80. The Bertz CT molecular complexity index is 66.1. The van der Waals surface area contributed by atoms with Crippen LogP contribution in [0, 0.1) is 0 Å². The summed E-state index contributed by atoms with van der Waals surface area (Å²) in [5.74, 6) is 1.38. The molecule has 0 nitrogen and oxygen atoms in total. The molecule has 0 bridgehead atoms. The molecular formula is C5H12S3. The van der Waals surface area contributed by atoms with Crippen LogP contribution in [0.25, 0.3) is 0 Å². The molecule has 0 aromatic heterocycles. The molecule has 1 unspecified atom stereocenters. The van der Waals surface area contributed by atoms with E-state index in [1.807, 2.05) is 10.8 Å². The molecule has 1 rings (SSSR count). The fraction of sp³-hybridized carbons (Fsp3) is 1.00. The Morgan fingerprint density at radius 2 is 2.25 bits per heavy atom. The topological polar surface area (TPSA) is 0 Å². The van der Waals surface area contributed by atoms with E-state index in [4.69, 9.17) is 0 Å². The second-order valence-corrected chi connectivity index (χ2v) is 7.71. The molecule has 0 radical (unpaired) electrons. The first-order valence-electron chi connectivity index (χ1n) is 2.75. The average Bonchev–Trinajstić information content (AvgIpc) is 2.12. The fourth-order valence-corrected chi connectivity index (χ4v) is 6.56. The standard InChI is InChI=1S/C5H12S3/c1-8(2)5-3-4-6-7-5/h5,8H,3-4H2,1-2H3. The van der Waals surface area contributed by atoms with Gasteiger partial charge < -0.3 is 0 Å².